The number of carbonyl (C=O) groups is 2. The van der Waals surface area contributed by atoms with Gasteiger partial charge in [0.25, 0.3) is 5.22 Å². The molecule has 0 radical (unpaired) electrons. The maximum Gasteiger partial charge on any atom is 0.277 e. The molecule has 1 aliphatic heterocycles. The third-order valence-corrected chi connectivity index (χ3v) is 5.50. The van der Waals surface area contributed by atoms with E-state index in [1.807, 2.05) is 31.2 Å². The van der Waals surface area contributed by atoms with Crippen LogP contribution in [0, 0.1) is 12.7 Å². The number of anilines is 2. The van der Waals surface area contributed by atoms with Crippen LogP contribution in [-0.2, 0) is 9.59 Å². The maximum absolute atomic E-state index is 13.2. The molecule has 4 rings (SSSR count). The van der Waals surface area contributed by atoms with Crippen LogP contribution < -0.4 is 10.2 Å². The SMILES string of the molecule is Cc1ccc(N2C[C@@H](c3nnc(SCC(=O)Nc4cccc(F)c4)o3)CC2=O)cc1. The lowest BCUT2D eigenvalue weighted by Crippen LogP contribution is -2.24. The molecule has 2 amide bonds. The van der Waals surface area contributed by atoms with E-state index in [1.54, 1.807) is 11.0 Å². The molecule has 0 unspecified atom stereocenters. The van der Waals surface area contributed by atoms with Crippen LogP contribution in [0.5, 0.6) is 0 Å². The Kier molecular flexibility index (Phi) is 5.80. The predicted molar refractivity (Wildman–Crippen MR) is 111 cm³/mol. The number of amides is 2. The summed E-state index contributed by atoms with van der Waals surface area (Å²) in [6, 6.07) is 13.4. The molecule has 1 saturated heterocycles. The highest BCUT2D eigenvalue weighted by Gasteiger charge is 2.35. The number of nitrogens with zero attached hydrogens (tertiary/aromatic N) is 3. The molecule has 0 saturated carbocycles. The van der Waals surface area contributed by atoms with Gasteiger partial charge in [-0.1, -0.05) is 35.5 Å². The molecule has 30 heavy (non-hydrogen) atoms. The third-order valence-electron chi connectivity index (χ3n) is 4.68. The molecule has 154 valence electrons. The van der Waals surface area contributed by atoms with Crippen molar-refractivity contribution in [1.29, 1.82) is 0 Å². The summed E-state index contributed by atoms with van der Waals surface area (Å²) in [7, 11) is 0. The lowest BCUT2D eigenvalue weighted by atomic mass is 10.1. The van der Waals surface area contributed by atoms with Gasteiger partial charge in [-0.25, -0.2) is 4.39 Å². The zero-order valence-electron chi connectivity index (χ0n) is 16.2. The van der Waals surface area contributed by atoms with Crippen molar-refractivity contribution in [1.82, 2.24) is 10.2 Å². The second-order valence-corrected chi connectivity index (χ2v) is 7.92. The molecular weight excluding hydrogens is 407 g/mol. The van der Waals surface area contributed by atoms with Crippen LogP contribution in [-0.4, -0.2) is 34.3 Å². The van der Waals surface area contributed by atoms with Crippen molar-refractivity contribution in [2.24, 2.45) is 0 Å². The van der Waals surface area contributed by atoms with Crippen LogP contribution in [0.25, 0.3) is 0 Å². The molecule has 0 aliphatic carbocycles. The van der Waals surface area contributed by atoms with Gasteiger partial charge in [0.15, 0.2) is 0 Å². The average Bonchev–Trinajstić information content (AvgIpc) is 3.34. The Labute approximate surface area is 176 Å². The number of hydrogen-bond donors (Lipinski definition) is 1. The van der Waals surface area contributed by atoms with Crippen LogP contribution in [0.4, 0.5) is 15.8 Å². The monoisotopic (exact) mass is 426 g/mol. The van der Waals surface area contributed by atoms with Crippen molar-refractivity contribution in [2.45, 2.75) is 24.5 Å². The standard InChI is InChI=1S/C21H19FN4O3S/c1-13-5-7-17(8-6-13)26-11-14(9-19(26)28)20-24-25-21(29-20)30-12-18(27)23-16-4-2-3-15(22)10-16/h2-8,10,14H,9,11-12H2,1H3,(H,23,27)/t14-/m0/s1. The van der Waals surface area contributed by atoms with Crippen molar-refractivity contribution in [2.75, 3.05) is 22.5 Å². The van der Waals surface area contributed by atoms with Crippen molar-refractivity contribution in [3.8, 4) is 0 Å². The van der Waals surface area contributed by atoms with Gasteiger partial charge in [0.1, 0.15) is 5.82 Å². The van der Waals surface area contributed by atoms with E-state index >= 15 is 0 Å². The fraction of sp³-hybridized carbons (Fsp3) is 0.238. The molecule has 1 fully saturated rings. The number of carbonyl (C=O) groups excluding carboxylic acids is 2. The molecule has 0 spiro atoms. The van der Waals surface area contributed by atoms with E-state index in [1.165, 1.54) is 18.2 Å². The summed E-state index contributed by atoms with van der Waals surface area (Å²) in [6.45, 7) is 2.46. The number of thioether (sulfide) groups is 1. The van der Waals surface area contributed by atoms with Gasteiger partial charge >= 0.3 is 0 Å². The fourth-order valence-electron chi connectivity index (χ4n) is 3.18. The lowest BCUT2D eigenvalue weighted by molar-refractivity contribution is -0.117. The number of benzene rings is 2. The minimum atomic E-state index is -0.423. The van der Waals surface area contributed by atoms with E-state index in [4.69, 9.17) is 4.42 Å². The first-order valence-corrected chi connectivity index (χ1v) is 10.3. The van der Waals surface area contributed by atoms with Gasteiger partial charge in [-0.3, -0.25) is 9.59 Å². The van der Waals surface area contributed by atoms with Crippen LogP contribution in [0.1, 0.15) is 23.8 Å². The minimum Gasteiger partial charge on any atom is -0.416 e. The summed E-state index contributed by atoms with van der Waals surface area (Å²) in [5, 5.41) is 10.9. The first kappa shape index (κ1) is 20.1. The number of aromatic nitrogens is 2. The smallest absolute Gasteiger partial charge is 0.277 e. The van der Waals surface area contributed by atoms with Gasteiger partial charge in [-0.15, -0.1) is 10.2 Å². The lowest BCUT2D eigenvalue weighted by Gasteiger charge is -2.16. The molecule has 3 aromatic rings. The van der Waals surface area contributed by atoms with Crippen molar-refractivity contribution >= 4 is 35.0 Å². The number of nitrogens with one attached hydrogen (secondary N) is 1. The molecule has 1 N–H and O–H groups in total. The largest absolute Gasteiger partial charge is 0.416 e. The maximum atomic E-state index is 13.2. The van der Waals surface area contributed by atoms with Crippen LogP contribution >= 0.6 is 11.8 Å². The number of hydrogen-bond acceptors (Lipinski definition) is 6. The molecule has 2 heterocycles. The average molecular weight is 426 g/mol. The molecule has 2 aromatic carbocycles. The molecule has 1 aromatic heterocycles. The normalized spacial score (nSPS) is 16.1. The van der Waals surface area contributed by atoms with Gasteiger partial charge in [0, 0.05) is 24.3 Å². The Morgan fingerprint density at radius 3 is 2.83 bits per heavy atom. The molecule has 0 bridgehead atoms. The molecule has 9 heteroatoms. The van der Waals surface area contributed by atoms with Crippen LogP contribution in [0.15, 0.2) is 58.2 Å². The first-order valence-electron chi connectivity index (χ1n) is 9.36. The highest BCUT2D eigenvalue weighted by molar-refractivity contribution is 7.99. The van der Waals surface area contributed by atoms with Crippen molar-refractivity contribution < 1.29 is 18.4 Å². The van der Waals surface area contributed by atoms with E-state index in [2.05, 4.69) is 15.5 Å². The zero-order chi connectivity index (χ0) is 21.1. The second kappa shape index (κ2) is 8.66. The molecule has 1 aliphatic rings. The van der Waals surface area contributed by atoms with Crippen molar-refractivity contribution in [3.63, 3.8) is 0 Å². The highest BCUT2D eigenvalue weighted by atomic mass is 32.2. The second-order valence-electron chi connectivity index (χ2n) is 6.99. The Morgan fingerprint density at radius 2 is 2.07 bits per heavy atom. The molecular formula is C21H19FN4O3S. The van der Waals surface area contributed by atoms with Gasteiger partial charge in [-0.2, -0.15) is 0 Å². The third kappa shape index (κ3) is 4.68. The predicted octanol–water partition coefficient (Wildman–Crippen LogP) is 3.77. The Balaban J connectivity index is 1.33. The summed E-state index contributed by atoms with van der Waals surface area (Å²) in [6.07, 6.45) is 0.292. The quantitative estimate of drug-likeness (QED) is 0.604. The number of aryl methyl sites for hydroxylation is 1. The van der Waals surface area contributed by atoms with E-state index in [0.717, 1.165) is 23.0 Å². The summed E-state index contributed by atoms with van der Waals surface area (Å²) in [5.74, 6) is -0.504. The van der Waals surface area contributed by atoms with Crippen LogP contribution in [0.3, 0.4) is 0 Å². The van der Waals surface area contributed by atoms with E-state index in [9.17, 15) is 14.0 Å². The topological polar surface area (TPSA) is 88.3 Å². The summed E-state index contributed by atoms with van der Waals surface area (Å²) in [5.41, 5.74) is 2.35. The van der Waals surface area contributed by atoms with Crippen LogP contribution in [0.2, 0.25) is 0 Å². The molecule has 1 atom stereocenters. The van der Waals surface area contributed by atoms with Crippen molar-refractivity contribution in [3.05, 3.63) is 65.8 Å². The molecule has 7 nitrogen and oxygen atoms in total. The Bertz CT molecular complexity index is 1070. The van der Waals surface area contributed by atoms with Gasteiger partial charge in [0.05, 0.1) is 11.7 Å². The van der Waals surface area contributed by atoms with E-state index < -0.39 is 5.82 Å². The van der Waals surface area contributed by atoms with Gasteiger partial charge in [-0.05, 0) is 37.3 Å². The fourth-order valence-corrected chi connectivity index (χ4v) is 3.75. The van der Waals surface area contributed by atoms with E-state index in [0.29, 0.717) is 24.5 Å². The zero-order valence-corrected chi connectivity index (χ0v) is 17.0. The highest BCUT2D eigenvalue weighted by Crippen LogP contribution is 2.32. The first-order chi connectivity index (χ1) is 14.5. The summed E-state index contributed by atoms with van der Waals surface area (Å²) < 4.78 is 18.8. The van der Waals surface area contributed by atoms with Gasteiger partial charge in [0.2, 0.25) is 17.7 Å². The summed E-state index contributed by atoms with van der Waals surface area (Å²) >= 11 is 1.09. The van der Waals surface area contributed by atoms with E-state index in [-0.39, 0.29) is 28.7 Å². The Hall–Kier alpha value is -3.20. The minimum absolute atomic E-state index is 0.00530. The van der Waals surface area contributed by atoms with Gasteiger partial charge < -0.3 is 14.6 Å². The Morgan fingerprint density at radius 1 is 1.27 bits per heavy atom. The number of halogens is 1. The number of rotatable bonds is 6. The summed E-state index contributed by atoms with van der Waals surface area (Å²) in [4.78, 5) is 26.2.